The molecule has 32 heavy (non-hydrogen) atoms. The topological polar surface area (TPSA) is 119 Å². The Kier molecular flexibility index (Phi) is 5.81. The first-order valence-corrected chi connectivity index (χ1v) is 11.1. The van der Waals surface area contributed by atoms with E-state index in [-0.39, 0.29) is 29.8 Å². The normalized spacial score (nSPS) is 36.3. The maximum absolute atomic E-state index is 12.4. The van der Waals surface area contributed by atoms with Crippen LogP contribution in [0.25, 0.3) is 6.08 Å². The number of aromatic nitrogens is 2. The molecule has 4 N–H and O–H groups in total. The maximum Gasteiger partial charge on any atom is 0.343 e. The number of carbonyl (C=O) groups excluding carboxylic acids is 1. The van der Waals surface area contributed by atoms with Gasteiger partial charge in [-0.3, -0.25) is 0 Å². The molecule has 170 valence electrons. The summed E-state index contributed by atoms with van der Waals surface area (Å²) in [5.74, 6) is 0.400. The van der Waals surface area contributed by atoms with E-state index in [2.05, 4.69) is 23.5 Å². The second kappa shape index (κ2) is 8.30. The third-order valence-corrected chi connectivity index (χ3v) is 7.77. The molecule has 2 aliphatic carbocycles. The second-order valence-electron chi connectivity index (χ2n) is 9.72. The van der Waals surface area contributed by atoms with Crippen LogP contribution in [0.3, 0.4) is 0 Å². The SMILES string of the molecule is C=C1CCC2[C@](C)(CC[C@@H](O)[C@@]2(C)CO)C1C=CC1=CC(=Cc2cnc(N)nc2)OC1=O. The summed E-state index contributed by atoms with van der Waals surface area (Å²) in [6.07, 6.45) is 13.1. The van der Waals surface area contributed by atoms with Gasteiger partial charge < -0.3 is 20.7 Å². The molecule has 7 heteroatoms. The summed E-state index contributed by atoms with van der Waals surface area (Å²) >= 11 is 0. The van der Waals surface area contributed by atoms with Crippen molar-refractivity contribution in [1.82, 2.24) is 9.97 Å². The quantitative estimate of drug-likeness (QED) is 0.489. The van der Waals surface area contributed by atoms with E-state index in [0.29, 0.717) is 23.3 Å². The minimum atomic E-state index is -0.539. The van der Waals surface area contributed by atoms with Crippen LogP contribution in [0, 0.1) is 22.7 Å². The Labute approximate surface area is 188 Å². The molecular formula is C25H31N3O4. The van der Waals surface area contributed by atoms with Crippen molar-refractivity contribution in [2.24, 2.45) is 22.7 Å². The first kappa shape index (κ1) is 22.4. The van der Waals surface area contributed by atoms with Gasteiger partial charge >= 0.3 is 5.97 Å². The van der Waals surface area contributed by atoms with E-state index in [1.54, 1.807) is 24.5 Å². The van der Waals surface area contributed by atoms with E-state index in [9.17, 15) is 15.0 Å². The number of ether oxygens (including phenoxy) is 1. The molecule has 2 heterocycles. The molecule has 0 aromatic carbocycles. The van der Waals surface area contributed by atoms with Crippen LogP contribution in [-0.2, 0) is 9.53 Å². The number of fused-ring (bicyclic) bond motifs is 1. The van der Waals surface area contributed by atoms with Crippen molar-refractivity contribution in [3.05, 3.63) is 59.7 Å². The van der Waals surface area contributed by atoms with Crippen molar-refractivity contribution in [3.8, 4) is 0 Å². The molecule has 1 aromatic rings. The molecule has 2 unspecified atom stereocenters. The Hall–Kier alpha value is -2.77. The molecule has 4 rings (SSSR count). The fourth-order valence-corrected chi connectivity index (χ4v) is 5.87. The average Bonchev–Trinajstić information content (AvgIpc) is 3.11. The molecule has 2 saturated carbocycles. The third-order valence-electron chi connectivity index (χ3n) is 7.77. The summed E-state index contributed by atoms with van der Waals surface area (Å²) in [6, 6.07) is 0. The van der Waals surface area contributed by atoms with E-state index in [1.165, 1.54) is 0 Å². The van der Waals surface area contributed by atoms with Crippen molar-refractivity contribution >= 4 is 18.0 Å². The highest BCUT2D eigenvalue weighted by Gasteiger charge is 2.57. The summed E-state index contributed by atoms with van der Waals surface area (Å²) in [5.41, 5.74) is 7.09. The van der Waals surface area contributed by atoms with Gasteiger partial charge in [0.1, 0.15) is 5.76 Å². The summed E-state index contributed by atoms with van der Waals surface area (Å²) in [4.78, 5) is 20.3. The van der Waals surface area contributed by atoms with Gasteiger partial charge in [-0.2, -0.15) is 0 Å². The predicted octanol–water partition coefficient (Wildman–Crippen LogP) is 3.18. The molecule has 0 amide bonds. The first-order chi connectivity index (χ1) is 15.2. The number of nitrogens with zero attached hydrogens (tertiary/aromatic N) is 2. The van der Waals surface area contributed by atoms with E-state index in [0.717, 1.165) is 24.8 Å². The third kappa shape index (κ3) is 3.80. The number of aliphatic hydroxyl groups is 2. The van der Waals surface area contributed by atoms with Crippen LogP contribution in [0.4, 0.5) is 5.95 Å². The molecule has 1 aliphatic heterocycles. The summed E-state index contributed by atoms with van der Waals surface area (Å²) in [5, 5.41) is 20.8. The van der Waals surface area contributed by atoms with Gasteiger partial charge in [0.25, 0.3) is 0 Å². The van der Waals surface area contributed by atoms with Crippen LogP contribution in [-0.4, -0.2) is 38.9 Å². The van der Waals surface area contributed by atoms with Crippen LogP contribution >= 0.6 is 0 Å². The van der Waals surface area contributed by atoms with E-state index in [1.807, 2.05) is 19.1 Å². The lowest BCUT2D eigenvalue weighted by Gasteiger charge is -2.59. The van der Waals surface area contributed by atoms with Gasteiger partial charge in [0.2, 0.25) is 5.95 Å². The largest absolute Gasteiger partial charge is 0.423 e. The number of allylic oxidation sites excluding steroid dienone is 3. The van der Waals surface area contributed by atoms with Gasteiger partial charge in [0, 0.05) is 29.3 Å². The van der Waals surface area contributed by atoms with Crippen LogP contribution < -0.4 is 5.73 Å². The lowest BCUT2D eigenvalue weighted by molar-refractivity contribution is -0.145. The Morgan fingerprint density at radius 3 is 2.72 bits per heavy atom. The van der Waals surface area contributed by atoms with E-state index < -0.39 is 17.5 Å². The highest BCUT2D eigenvalue weighted by Crippen LogP contribution is 2.61. The molecule has 2 fully saturated rings. The van der Waals surface area contributed by atoms with Gasteiger partial charge in [-0.15, -0.1) is 0 Å². The Morgan fingerprint density at radius 2 is 2.03 bits per heavy atom. The monoisotopic (exact) mass is 437 g/mol. The van der Waals surface area contributed by atoms with Crippen LogP contribution in [0.1, 0.15) is 45.1 Å². The zero-order valence-electron chi connectivity index (χ0n) is 18.6. The maximum atomic E-state index is 12.4. The van der Waals surface area contributed by atoms with Crippen LogP contribution in [0.15, 0.2) is 54.1 Å². The molecule has 7 nitrogen and oxygen atoms in total. The van der Waals surface area contributed by atoms with Crippen LogP contribution in [0.2, 0.25) is 0 Å². The van der Waals surface area contributed by atoms with Crippen molar-refractivity contribution in [2.75, 3.05) is 12.3 Å². The lowest BCUT2D eigenvalue weighted by atomic mass is 9.46. The number of aliphatic hydroxyl groups excluding tert-OH is 2. The number of hydrogen-bond donors (Lipinski definition) is 3. The van der Waals surface area contributed by atoms with Gasteiger partial charge in [0.15, 0.2) is 0 Å². The van der Waals surface area contributed by atoms with E-state index in [4.69, 9.17) is 10.5 Å². The number of esters is 1. The molecular weight excluding hydrogens is 406 g/mol. The molecule has 0 bridgehead atoms. The Balaban J connectivity index is 1.59. The number of anilines is 1. The fraction of sp³-hybridized carbons (Fsp3) is 0.480. The number of hydrogen-bond acceptors (Lipinski definition) is 7. The number of cyclic esters (lactones) is 1. The van der Waals surface area contributed by atoms with Crippen molar-refractivity contribution < 1.29 is 19.7 Å². The number of nitrogens with two attached hydrogens (primary N) is 1. The molecule has 0 radical (unpaired) electrons. The summed E-state index contributed by atoms with van der Waals surface area (Å²) < 4.78 is 5.37. The van der Waals surface area contributed by atoms with Gasteiger partial charge in [0.05, 0.1) is 18.3 Å². The zero-order chi connectivity index (χ0) is 23.1. The van der Waals surface area contributed by atoms with Gasteiger partial charge in [-0.05, 0) is 49.2 Å². The predicted molar refractivity (Wildman–Crippen MR) is 122 cm³/mol. The minimum Gasteiger partial charge on any atom is -0.423 e. The number of nitrogen functional groups attached to an aromatic ring is 1. The Morgan fingerprint density at radius 1 is 1.31 bits per heavy atom. The average molecular weight is 438 g/mol. The van der Waals surface area contributed by atoms with Gasteiger partial charge in [-0.1, -0.05) is 38.2 Å². The standard InChI is InChI=1S/C25H31N3O4/c1-15-4-7-20-24(2,9-8-21(30)25(20,3)14-29)19(15)6-5-17-11-18(32-22(17)31)10-16-12-27-23(26)28-13-16/h5-6,10-13,19-21,29-30H,1,4,7-9,14H2,2-3H3,(H2,26,27,28)/t19?,20?,21-,24-,25+/m1/s1. The number of rotatable bonds is 4. The Bertz CT molecular complexity index is 1010. The van der Waals surface area contributed by atoms with Crippen molar-refractivity contribution in [2.45, 2.75) is 45.6 Å². The smallest absolute Gasteiger partial charge is 0.343 e. The highest BCUT2D eigenvalue weighted by molar-refractivity contribution is 5.96. The summed E-state index contributed by atoms with van der Waals surface area (Å²) in [7, 11) is 0. The second-order valence-corrected chi connectivity index (χ2v) is 9.72. The molecule has 1 aromatic heterocycles. The van der Waals surface area contributed by atoms with Crippen LogP contribution in [0.5, 0.6) is 0 Å². The van der Waals surface area contributed by atoms with Gasteiger partial charge in [-0.25, -0.2) is 14.8 Å². The minimum absolute atomic E-state index is 0.0438. The fourth-order valence-electron chi connectivity index (χ4n) is 5.87. The highest BCUT2D eigenvalue weighted by atomic mass is 16.5. The zero-order valence-corrected chi connectivity index (χ0v) is 18.6. The molecule has 0 spiro atoms. The first-order valence-electron chi connectivity index (χ1n) is 11.1. The number of carbonyl (C=O) groups is 1. The van der Waals surface area contributed by atoms with Crippen molar-refractivity contribution in [1.29, 1.82) is 0 Å². The lowest BCUT2D eigenvalue weighted by Crippen LogP contribution is -2.57. The van der Waals surface area contributed by atoms with E-state index >= 15 is 0 Å². The molecule has 3 aliphatic rings. The molecule has 5 atom stereocenters. The van der Waals surface area contributed by atoms with Crippen molar-refractivity contribution in [3.63, 3.8) is 0 Å². The molecule has 0 saturated heterocycles. The summed E-state index contributed by atoms with van der Waals surface area (Å²) in [6.45, 7) is 8.49.